The number of unbranched alkanes of at least 4 members (excludes halogenated alkanes) is 1. The lowest BCUT2D eigenvalue weighted by Gasteiger charge is -2.17. The lowest BCUT2D eigenvalue weighted by atomic mass is 9.97. The summed E-state index contributed by atoms with van der Waals surface area (Å²) in [5.41, 5.74) is 0. The van der Waals surface area contributed by atoms with Gasteiger partial charge in [-0.15, -0.1) is 0 Å². The number of ketones is 1. The van der Waals surface area contributed by atoms with Crippen LogP contribution in [0.2, 0.25) is 0 Å². The van der Waals surface area contributed by atoms with E-state index in [9.17, 15) is 4.79 Å². The Morgan fingerprint density at radius 2 is 2.07 bits per heavy atom. The van der Waals surface area contributed by atoms with Crippen LogP contribution in [0.4, 0.5) is 0 Å². The van der Waals surface area contributed by atoms with Crippen molar-refractivity contribution in [2.75, 3.05) is 7.11 Å². The van der Waals surface area contributed by atoms with E-state index in [1.165, 1.54) is 0 Å². The molecule has 1 rings (SSSR count). The number of methoxy groups -OCH3 is 1. The summed E-state index contributed by atoms with van der Waals surface area (Å²) < 4.78 is 5.24. The number of allylic oxidation sites excluding steroid dienone is 2. The summed E-state index contributed by atoms with van der Waals surface area (Å²) in [6.07, 6.45) is 10.3. The van der Waals surface area contributed by atoms with Crippen LogP contribution >= 0.6 is 0 Å². The number of carbonyl (C=O) groups excluding carboxylic acids is 1. The molecule has 78 valence electrons. The molecule has 0 aromatic carbocycles. The largest absolute Gasteiger partial charge is 0.373 e. The molecule has 0 N–H and O–H groups in total. The van der Waals surface area contributed by atoms with Gasteiger partial charge in [0.1, 0.15) is 6.10 Å². The molecule has 2 nitrogen and oxygen atoms in total. The van der Waals surface area contributed by atoms with E-state index in [2.05, 4.69) is 6.92 Å². The molecule has 0 heterocycles. The van der Waals surface area contributed by atoms with Crippen LogP contribution in [-0.2, 0) is 9.53 Å². The second-order valence-corrected chi connectivity index (χ2v) is 3.57. The van der Waals surface area contributed by atoms with Crippen molar-refractivity contribution in [2.24, 2.45) is 5.92 Å². The van der Waals surface area contributed by atoms with Gasteiger partial charge in [-0.25, -0.2) is 0 Å². The predicted molar refractivity (Wildman–Crippen MR) is 57.1 cm³/mol. The molecule has 1 aliphatic carbocycles. The van der Waals surface area contributed by atoms with Crippen LogP contribution in [0.5, 0.6) is 0 Å². The standard InChI is InChI=1S/C12H18O2/c1-3-4-9-11(13)12(14-2)10-7-5-6-8-10/h5-8,10,12H,3-4,9H2,1-2H3. The van der Waals surface area contributed by atoms with Crippen molar-refractivity contribution in [2.45, 2.75) is 32.3 Å². The summed E-state index contributed by atoms with van der Waals surface area (Å²) in [5.74, 6) is 0.361. The zero-order chi connectivity index (χ0) is 10.4. The molecule has 2 heteroatoms. The van der Waals surface area contributed by atoms with Crippen molar-refractivity contribution in [1.82, 2.24) is 0 Å². The molecule has 0 aliphatic heterocycles. The van der Waals surface area contributed by atoms with Crippen molar-refractivity contribution in [3.63, 3.8) is 0 Å². The van der Waals surface area contributed by atoms with Gasteiger partial charge in [-0.1, -0.05) is 37.6 Å². The SMILES string of the molecule is CCCCC(=O)C(OC)C1C=CC=C1. The first-order chi connectivity index (χ1) is 6.79. The maximum atomic E-state index is 11.7. The van der Waals surface area contributed by atoms with Gasteiger partial charge in [0.05, 0.1) is 0 Å². The molecule has 0 radical (unpaired) electrons. The summed E-state index contributed by atoms with van der Waals surface area (Å²) in [6, 6.07) is 0. The Morgan fingerprint density at radius 3 is 2.57 bits per heavy atom. The maximum absolute atomic E-state index is 11.7. The van der Waals surface area contributed by atoms with E-state index in [0.717, 1.165) is 12.8 Å². The third kappa shape index (κ3) is 2.81. The summed E-state index contributed by atoms with van der Waals surface area (Å²) in [5, 5.41) is 0. The highest BCUT2D eigenvalue weighted by Gasteiger charge is 2.24. The van der Waals surface area contributed by atoms with Gasteiger partial charge in [-0.2, -0.15) is 0 Å². The quantitative estimate of drug-likeness (QED) is 0.649. The first kappa shape index (κ1) is 11.2. The molecule has 0 bridgehead atoms. The lowest BCUT2D eigenvalue weighted by Crippen LogP contribution is -2.29. The molecule has 0 amide bonds. The predicted octanol–water partition coefficient (Wildman–Crippen LogP) is 2.50. The van der Waals surface area contributed by atoms with Gasteiger partial charge in [-0.05, 0) is 6.42 Å². The average molecular weight is 194 g/mol. The Bertz CT molecular complexity index is 229. The molecule has 0 spiro atoms. The van der Waals surface area contributed by atoms with Crippen molar-refractivity contribution in [1.29, 1.82) is 0 Å². The molecule has 0 aromatic rings. The van der Waals surface area contributed by atoms with E-state index in [4.69, 9.17) is 4.74 Å². The van der Waals surface area contributed by atoms with Crippen LogP contribution in [0.25, 0.3) is 0 Å². The average Bonchev–Trinajstić information content (AvgIpc) is 2.69. The van der Waals surface area contributed by atoms with E-state index in [1.807, 2.05) is 24.3 Å². The van der Waals surface area contributed by atoms with Gasteiger partial charge in [-0.3, -0.25) is 4.79 Å². The lowest BCUT2D eigenvalue weighted by molar-refractivity contribution is -0.130. The zero-order valence-electron chi connectivity index (χ0n) is 8.90. The summed E-state index contributed by atoms with van der Waals surface area (Å²) in [7, 11) is 1.61. The molecule has 0 aromatic heterocycles. The minimum atomic E-state index is -0.281. The number of Topliss-reactive ketones (excluding diaryl/α,β-unsaturated/α-hetero) is 1. The Hall–Kier alpha value is -0.890. The Morgan fingerprint density at radius 1 is 1.43 bits per heavy atom. The Kier molecular flexibility index (Phi) is 4.60. The Balaban J connectivity index is 2.48. The minimum Gasteiger partial charge on any atom is -0.373 e. The van der Waals surface area contributed by atoms with Crippen molar-refractivity contribution < 1.29 is 9.53 Å². The van der Waals surface area contributed by atoms with E-state index in [0.29, 0.717) is 6.42 Å². The number of rotatable bonds is 6. The molecule has 1 atom stereocenters. The third-order valence-corrected chi connectivity index (χ3v) is 2.48. The number of carbonyl (C=O) groups is 1. The van der Waals surface area contributed by atoms with E-state index in [1.54, 1.807) is 7.11 Å². The summed E-state index contributed by atoms with van der Waals surface area (Å²) >= 11 is 0. The van der Waals surface area contributed by atoms with Crippen LogP contribution in [0.15, 0.2) is 24.3 Å². The van der Waals surface area contributed by atoms with Crippen LogP contribution in [0.1, 0.15) is 26.2 Å². The van der Waals surface area contributed by atoms with Crippen molar-refractivity contribution >= 4 is 5.78 Å². The van der Waals surface area contributed by atoms with Gasteiger partial charge in [0.25, 0.3) is 0 Å². The third-order valence-electron chi connectivity index (χ3n) is 2.48. The van der Waals surface area contributed by atoms with Crippen LogP contribution < -0.4 is 0 Å². The first-order valence-electron chi connectivity index (χ1n) is 5.20. The first-order valence-corrected chi connectivity index (χ1v) is 5.20. The fourth-order valence-corrected chi connectivity index (χ4v) is 1.65. The molecular weight excluding hydrogens is 176 g/mol. The molecule has 0 fully saturated rings. The summed E-state index contributed by atoms with van der Waals surface area (Å²) in [4.78, 5) is 11.7. The monoisotopic (exact) mass is 194 g/mol. The van der Waals surface area contributed by atoms with Gasteiger partial charge in [0.2, 0.25) is 0 Å². The van der Waals surface area contributed by atoms with E-state index < -0.39 is 0 Å². The van der Waals surface area contributed by atoms with E-state index in [-0.39, 0.29) is 17.8 Å². The fraction of sp³-hybridized carbons (Fsp3) is 0.583. The smallest absolute Gasteiger partial charge is 0.162 e. The minimum absolute atomic E-state index is 0.143. The number of ether oxygens (including phenoxy) is 1. The maximum Gasteiger partial charge on any atom is 0.162 e. The highest BCUT2D eigenvalue weighted by Crippen LogP contribution is 2.18. The van der Waals surface area contributed by atoms with Crippen LogP contribution in [0.3, 0.4) is 0 Å². The molecule has 1 aliphatic rings. The molecule has 14 heavy (non-hydrogen) atoms. The van der Waals surface area contributed by atoms with Gasteiger partial charge in [0.15, 0.2) is 5.78 Å². The highest BCUT2D eigenvalue weighted by molar-refractivity contribution is 5.84. The van der Waals surface area contributed by atoms with Gasteiger partial charge < -0.3 is 4.74 Å². The van der Waals surface area contributed by atoms with Gasteiger partial charge in [0, 0.05) is 19.4 Å². The molecular formula is C12H18O2. The zero-order valence-corrected chi connectivity index (χ0v) is 8.90. The number of hydrogen-bond donors (Lipinski definition) is 0. The topological polar surface area (TPSA) is 26.3 Å². The fourth-order valence-electron chi connectivity index (χ4n) is 1.65. The molecule has 0 saturated carbocycles. The second-order valence-electron chi connectivity index (χ2n) is 3.57. The summed E-state index contributed by atoms with van der Waals surface area (Å²) in [6.45, 7) is 2.09. The number of hydrogen-bond acceptors (Lipinski definition) is 2. The molecule has 0 saturated heterocycles. The highest BCUT2D eigenvalue weighted by atomic mass is 16.5. The van der Waals surface area contributed by atoms with E-state index >= 15 is 0 Å². The van der Waals surface area contributed by atoms with Crippen molar-refractivity contribution in [3.05, 3.63) is 24.3 Å². The van der Waals surface area contributed by atoms with Crippen LogP contribution in [-0.4, -0.2) is 19.0 Å². The van der Waals surface area contributed by atoms with Crippen LogP contribution in [0, 0.1) is 5.92 Å². The molecule has 1 unspecified atom stereocenters. The Labute approximate surface area is 85.6 Å². The second kappa shape index (κ2) is 5.76. The normalized spacial score (nSPS) is 17.6. The van der Waals surface area contributed by atoms with Gasteiger partial charge >= 0.3 is 0 Å². The van der Waals surface area contributed by atoms with Crippen molar-refractivity contribution in [3.8, 4) is 0 Å².